The van der Waals surface area contributed by atoms with E-state index in [1.807, 2.05) is 0 Å². The molecule has 0 spiro atoms. The molecule has 0 aliphatic carbocycles. The van der Waals surface area contributed by atoms with Crippen LogP contribution in [0.2, 0.25) is 0 Å². The lowest BCUT2D eigenvalue weighted by molar-refractivity contribution is 0.101. The highest BCUT2D eigenvalue weighted by Gasteiger charge is 2.16. The molecule has 2 heterocycles. The Labute approximate surface area is 138 Å². The number of phenolic OH excluding ortho intramolecular Hbond substituents is 1. The van der Waals surface area contributed by atoms with E-state index in [2.05, 4.69) is 10.1 Å². The molecule has 0 aliphatic rings. The third-order valence-electron chi connectivity index (χ3n) is 3.84. The summed E-state index contributed by atoms with van der Waals surface area (Å²) in [6.45, 7) is 3.52. The summed E-state index contributed by atoms with van der Waals surface area (Å²) in [5.74, 6) is 0.102. The summed E-state index contributed by atoms with van der Waals surface area (Å²) >= 11 is 0. The Balaban J connectivity index is 1.98. The molecule has 0 aliphatic heterocycles. The van der Waals surface area contributed by atoms with Crippen molar-refractivity contribution >= 4 is 17.2 Å². The minimum absolute atomic E-state index is 0.0222. The van der Waals surface area contributed by atoms with E-state index in [1.165, 1.54) is 25.1 Å². The average Bonchev–Trinajstić information content (AvgIpc) is 2.85. The number of aromatic nitrogens is 3. The predicted molar refractivity (Wildman–Crippen MR) is 87.9 cm³/mol. The van der Waals surface area contributed by atoms with E-state index < -0.39 is 5.82 Å². The number of benzene rings is 1. The van der Waals surface area contributed by atoms with Crippen LogP contribution in [0.4, 0.5) is 10.2 Å². The van der Waals surface area contributed by atoms with Crippen molar-refractivity contribution in [1.82, 2.24) is 14.6 Å². The van der Waals surface area contributed by atoms with Crippen LogP contribution in [0.25, 0.3) is 5.65 Å². The second-order valence-electron chi connectivity index (χ2n) is 5.70. The van der Waals surface area contributed by atoms with Gasteiger partial charge in [-0.05, 0) is 38.1 Å². The molecule has 0 fully saturated rings. The maximum Gasteiger partial charge on any atom is 0.168 e. The predicted octanol–water partition coefficient (Wildman–Crippen LogP) is 2.72. The number of ketones is 1. The number of fused-ring (bicyclic) bond motifs is 1. The maximum absolute atomic E-state index is 13.4. The van der Waals surface area contributed by atoms with Gasteiger partial charge in [-0.2, -0.15) is 5.10 Å². The van der Waals surface area contributed by atoms with Crippen LogP contribution in [-0.2, 0) is 6.54 Å². The lowest BCUT2D eigenvalue weighted by Gasteiger charge is -2.19. The third kappa shape index (κ3) is 2.80. The molecule has 6 nitrogen and oxygen atoms in total. The number of aryl methyl sites for hydroxylation is 1. The smallest absolute Gasteiger partial charge is 0.168 e. The molecule has 0 radical (unpaired) electrons. The Morgan fingerprint density at radius 2 is 2.12 bits per heavy atom. The van der Waals surface area contributed by atoms with E-state index in [9.17, 15) is 14.3 Å². The van der Waals surface area contributed by atoms with E-state index >= 15 is 0 Å². The summed E-state index contributed by atoms with van der Waals surface area (Å²) in [5, 5.41) is 14.1. The number of Topliss-reactive ketones (excluding diaryl/α,β-unsaturated/α-hetero) is 1. The van der Waals surface area contributed by atoms with Crippen molar-refractivity contribution in [1.29, 1.82) is 0 Å². The molecule has 0 unspecified atom stereocenters. The summed E-state index contributed by atoms with van der Waals surface area (Å²) in [6.07, 6.45) is 1.72. The van der Waals surface area contributed by atoms with Gasteiger partial charge in [-0.3, -0.25) is 4.79 Å². The number of hydrogen-bond donors (Lipinski definition) is 1. The number of halogens is 1. The van der Waals surface area contributed by atoms with E-state index in [0.29, 0.717) is 28.3 Å². The molecule has 0 atom stereocenters. The zero-order valence-corrected chi connectivity index (χ0v) is 13.6. The van der Waals surface area contributed by atoms with Crippen LogP contribution in [-0.4, -0.2) is 32.5 Å². The average molecular weight is 328 g/mol. The Hall–Kier alpha value is -2.96. The summed E-state index contributed by atoms with van der Waals surface area (Å²) in [6, 6.07) is 5.56. The minimum Gasteiger partial charge on any atom is -0.508 e. The van der Waals surface area contributed by atoms with Crippen molar-refractivity contribution in [3.8, 4) is 5.75 Å². The number of rotatable bonds is 4. The molecular weight excluding hydrogens is 311 g/mol. The van der Waals surface area contributed by atoms with Gasteiger partial charge in [-0.25, -0.2) is 13.9 Å². The van der Waals surface area contributed by atoms with Gasteiger partial charge in [0, 0.05) is 25.4 Å². The molecule has 0 saturated heterocycles. The molecule has 0 amide bonds. The fourth-order valence-corrected chi connectivity index (χ4v) is 2.67. The van der Waals surface area contributed by atoms with Gasteiger partial charge >= 0.3 is 0 Å². The monoisotopic (exact) mass is 328 g/mol. The standard InChI is InChI=1S/C17H17FN4O2/c1-10-16(11(2)23)17-19-15(6-7-22(17)20-10)21(3)9-12-8-13(18)4-5-14(12)24/h4-8,24H,9H2,1-3H3. The van der Waals surface area contributed by atoms with Gasteiger partial charge in [-0.15, -0.1) is 0 Å². The molecule has 124 valence electrons. The largest absolute Gasteiger partial charge is 0.508 e. The molecule has 1 aromatic carbocycles. The van der Waals surface area contributed by atoms with Crippen molar-refractivity contribution in [3.05, 3.63) is 53.1 Å². The molecule has 3 aromatic rings. The Kier molecular flexibility index (Phi) is 3.92. The number of carbonyl (C=O) groups is 1. The minimum atomic E-state index is -0.412. The number of hydrogen-bond acceptors (Lipinski definition) is 5. The molecule has 7 heteroatoms. The number of nitrogens with zero attached hydrogens (tertiary/aromatic N) is 4. The third-order valence-corrected chi connectivity index (χ3v) is 3.84. The van der Waals surface area contributed by atoms with Crippen LogP contribution in [0.3, 0.4) is 0 Å². The first kappa shape index (κ1) is 15.9. The summed E-state index contributed by atoms with van der Waals surface area (Å²) in [5.41, 5.74) is 2.04. The van der Waals surface area contributed by atoms with E-state index in [-0.39, 0.29) is 18.1 Å². The molecule has 0 bridgehead atoms. The quantitative estimate of drug-likeness (QED) is 0.746. The molecule has 3 rings (SSSR count). The number of carbonyl (C=O) groups excluding carboxylic acids is 1. The number of anilines is 1. The van der Waals surface area contributed by atoms with Gasteiger partial charge in [0.25, 0.3) is 0 Å². The molecular formula is C17H17FN4O2. The first-order valence-electron chi connectivity index (χ1n) is 7.42. The van der Waals surface area contributed by atoms with Crippen LogP contribution < -0.4 is 4.90 Å². The van der Waals surface area contributed by atoms with Gasteiger partial charge in [0.15, 0.2) is 11.4 Å². The maximum atomic E-state index is 13.4. The highest BCUT2D eigenvalue weighted by Crippen LogP contribution is 2.23. The molecule has 1 N–H and O–H groups in total. The topological polar surface area (TPSA) is 70.7 Å². The lowest BCUT2D eigenvalue weighted by atomic mass is 10.2. The zero-order chi connectivity index (χ0) is 17.4. The highest BCUT2D eigenvalue weighted by atomic mass is 19.1. The SMILES string of the molecule is CC(=O)c1c(C)nn2ccc(N(C)Cc3cc(F)ccc3O)nc12. The first-order valence-corrected chi connectivity index (χ1v) is 7.42. The van der Waals surface area contributed by atoms with Gasteiger partial charge < -0.3 is 10.0 Å². The Bertz CT molecular complexity index is 936. The fourth-order valence-electron chi connectivity index (χ4n) is 2.67. The van der Waals surface area contributed by atoms with Crippen molar-refractivity contribution < 1.29 is 14.3 Å². The van der Waals surface area contributed by atoms with Crippen LogP contribution in [0.15, 0.2) is 30.5 Å². The number of phenols is 1. The van der Waals surface area contributed by atoms with Crippen molar-refractivity contribution in [3.63, 3.8) is 0 Å². The van der Waals surface area contributed by atoms with Gasteiger partial charge in [0.1, 0.15) is 17.4 Å². The zero-order valence-electron chi connectivity index (χ0n) is 13.6. The van der Waals surface area contributed by atoms with Crippen molar-refractivity contribution in [2.24, 2.45) is 0 Å². The van der Waals surface area contributed by atoms with Gasteiger partial charge in [0.2, 0.25) is 0 Å². The van der Waals surface area contributed by atoms with Crippen LogP contribution in [0, 0.1) is 12.7 Å². The van der Waals surface area contributed by atoms with E-state index in [4.69, 9.17) is 0 Å². The van der Waals surface area contributed by atoms with Crippen molar-refractivity contribution in [2.45, 2.75) is 20.4 Å². The summed E-state index contributed by atoms with van der Waals surface area (Å²) in [4.78, 5) is 18.1. The van der Waals surface area contributed by atoms with Crippen LogP contribution in [0.1, 0.15) is 28.5 Å². The van der Waals surface area contributed by atoms with Crippen molar-refractivity contribution in [2.75, 3.05) is 11.9 Å². The summed E-state index contributed by atoms with van der Waals surface area (Å²) in [7, 11) is 1.78. The van der Waals surface area contributed by atoms with Gasteiger partial charge in [0.05, 0.1) is 11.3 Å². The lowest BCUT2D eigenvalue weighted by Crippen LogP contribution is -2.18. The van der Waals surface area contributed by atoms with Crippen LogP contribution >= 0.6 is 0 Å². The molecule has 0 saturated carbocycles. The molecule has 2 aromatic heterocycles. The van der Waals surface area contributed by atoms with Gasteiger partial charge in [-0.1, -0.05) is 0 Å². The first-order chi connectivity index (χ1) is 11.4. The number of aromatic hydroxyl groups is 1. The molecule has 24 heavy (non-hydrogen) atoms. The Morgan fingerprint density at radius 3 is 2.83 bits per heavy atom. The van der Waals surface area contributed by atoms with E-state index in [0.717, 1.165) is 0 Å². The Morgan fingerprint density at radius 1 is 1.38 bits per heavy atom. The van der Waals surface area contributed by atoms with E-state index in [1.54, 1.807) is 35.6 Å². The normalized spacial score (nSPS) is 11.0. The second kappa shape index (κ2) is 5.92. The highest BCUT2D eigenvalue weighted by molar-refractivity contribution is 6.01. The second-order valence-corrected chi connectivity index (χ2v) is 5.70. The fraction of sp³-hybridized carbons (Fsp3) is 0.235. The van der Waals surface area contributed by atoms with Crippen LogP contribution in [0.5, 0.6) is 5.75 Å². The summed E-state index contributed by atoms with van der Waals surface area (Å²) < 4.78 is 14.9.